The zero-order valence-electron chi connectivity index (χ0n) is 19.2. The Morgan fingerprint density at radius 2 is 1.86 bits per heavy atom. The molecular formula is C26H22ClFN4O3. The summed E-state index contributed by atoms with van der Waals surface area (Å²) in [7, 11) is 2.97. The van der Waals surface area contributed by atoms with E-state index < -0.39 is 17.8 Å². The molecule has 4 aromatic rings. The molecule has 5 rings (SSSR count). The molecule has 1 atom stereocenters. The van der Waals surface area contributed by atoms with Crippen LogP contribution in [0.15, 0.2) is 71.9 Å². The number of nitrogens with one attached hydrogen (secondary N) is 2. The van der Waals surface area contributed by atoms with Crippen LogP contribution in [0.2, 0.25) is 5.02 Å². The van der Waals surface area contributed by atoms with Crippen LogP contribution in [-0.4, -0.2) is 29.7 Å². The molecule has 178 valence electrons. The van der Waals surface area contributed by atoms with Gasteiger partial charge in [-0.1, -0.05) is 35.9 Å². The number of allylic oxidation sites excluding steroid dienone is 1. The molecule has 0 aliphatic carbocycles. The summed E-state index contributed by atoms with van der Waals surface area (Å²) in [5, 5.41) is 6.51. The number of fused-ring (bicyclic) bond motifs is 3. The molecule has 1 aliphatic heterocycles. The maximum absolute atomic E-state index is 14.3. The first-order valence-electron chi connectivity index (χ1n) is 10.8. The fraction of sp³-hybridized carbons (Fsp3) is 0.154. The summed E-state index contributed by atoms with van der Waals surface area (Å²) in [5.74, 6) is 0.547. The third-order valence-electron chi connectivity index (χ3n) is 5.96. The molecule has 0 fully saturated rings. The molecule has 0 bridgehead atoms. The number of benzene rings is 3. The van der Waals surface area contributed by atoms with Gasteiger partial charge in [-0.2, -0.15) is 0 Å². The number of methoxy groups -OCH3 is 2. The third-order valence-corrected chi connectivity index (χ3v) is 6.26. The number of anilines is 2. The van der Waals surface area contributed by atoms with Gasteiger partial charge in [0.05, 0.1) is 47.6 Å². The Hall–Kier alpha value is -4.04. The van der Waals surface area contributed by atoms with Crippen molar-refractivity contribution >= 4 is 40.2 Å². The SMILES string of the molecule is COc1cc(NC(=O)C2=C(C)Nc3nc4ccccc4n3[C@H]2c2cccc(F)c2)c(OC)cc1Cl. The number of para-hydroxylation sites is 2. The summed E-state index contributed by atoms with van der Waals surface area (Å²) in [6.07, 6.45) is 0. The van der Waals surface area contributed by atoms with E-state index in [1.54, 1.807) is 31.2 Å². The molecule has 2 N–H and O–H groups in total. The van der Waals surface area contributed by atoms with Crippen molar-refractivity contribution in [3.8, 4) is 11.5 Å². The second-order valence-corrected chi connectivity index (χ2v) is 8.46. The number of nitrogens with zero attached hydrogens (tertiary/aromatic N) is 2. The molecule has 0 saturated heterocycles. The first-order chi connectivity index (χ1) is 16.9. The predicted octanol–water partition coefficient (Wildman–Crippen LogP) is 5.77. The van der Waals surface area contributed by atoms with Gasteiger partial charge in [-0.05, 0) is 36.8 Å². The van der Waals surface area contributed by atoms with Gasteiger partial charge >= 0.3 is 0 Å². The quantitative estimate of drug-likeness (QED) is 0.369. The first-order valence-corrected chi connectivity index (χ1v) is 11.2. The van der Waals surface area contributed by atoms with Crippen molar-refractivity contribution in [2.75, 3.05) is 24.9 Å². The van der Waals surface area contributed by atoms with E-state index in [0.717, 1.165) is 11.0 Å². The average molecular weight is 493 g/mol. The minimum atomic E-state index is -0.630. The van der Waals surface area contributed by atoms with Crippen LogP contribution in [0, 0.1) is 5.82 Å². The molecule has 0 saturated carbocycles. The van der Waals surface area contributed by atoms with E-state index >= 15 is 0 Å². The minimum Gasteiger partial charge on any atom is -0.495 e. The normalized spacial score (nSPS) is 14.9. The van der Waals surface area contributed by atoms with Gasteiger partial charge in [-0.15, -0.1) is 0 Å². The molecule has 1 aromatic heterocycles. The highest BCUT2D eigenvalue weighted by molar-refractivity contribution is 6.32. The summed E-state index contributed by atoms with van der Waals surface area (Å²) < 4.78 is 27.0. The monoisotopic (exact) mass is 492 g/mol. The highest BCUT2D eigenvalue weighted by atomic mass is 35.5. The molecule has 35 heavy (non-hydrogen) atoms. The molecule has 7 nitrogen and oxygen atoms in total. The lowest BCUT2D eigenvalue weighted by molar-refractivity contribution is -0.113. The number of imidazole rings is 1. The van der Waals surface area contributed by atoms with Crippen molar-refractivity contribution < 1.29 is 18.7 Å². The second-order valence-electron chi connectivity index (χ2n) is 8.06. The van der Waals surface area contributed by atoms with Gasteiger partial charge in [0.15, 0.2) is 0 Å². The number of hydrogen-bond donors (Lipinski definition) is 2. The second kappa shape index (κ2) is 8.96. The number of carbonyl (C=O) groups excluding carboxylic acids is 1. The van der Waals surface area contributed by atoms with Gasteiger partial charge in [-0.3, -0.25) is 9.36 Å². The average Bonchev–Trinajstić information content (AvgIpc) is 3.21. The molecule has 0 radical (unpaired) electrons. The predicted molar refractivity (Wildman–Crippen MR) is 134 cm³/mol. The lowest BCUT2D eigenvalue weighted by Crippen LogP contribution is -2.31. The molecule has 2 heterocycles. The smallest absolute Gasteiger partial charge is 0.255 e. The Balaban J connectivity index is 1.65. The maximum atomic E-state index is 14.3. The Kier molecular flexibility index (Phi) is 5.82. The van der Waals surface area contributed by atoms with E-state index in [1.165, 1.54) is 26.4 Å². The summed E-state index contributed by atoms with van der Waals surface area (Å²) in [5.41, 5.74) is 3.57. The zero-order chi connectivity index (χ0) is 24.7. The summed E-state index contributed by atoms with van der Waals surface area (Å²) in [4.78, 5) is 18.5. The highest BCUT2D eigenvalue weighted by Gasteiger charge is 2.34. The minimum absolute atomic E-state index is 0.351. The van der Waals surface area contributed by atoms with Crippen molar-refractivity contribution in [2.45, 2.75) is 13.0 Å². The number of ether oxygens (including phenoxy) is 2. The Bertz CT molecular complexity index is 1500. The fourth-order valence-corrected chi connectivity index (χ4v) is 4.63. The van der Waals surface area contributed by atoms with Crippen molar-refractivity contribution in [2.24, 2.45) is 0 Å². The Morgan fingerprint density at radius 1 is 1.09 bits per heavy atom. The third kappa shape index (κ3) is 3.95. The van der Waals surface area contributed by atoms with Crippen LogP contribution >= 0.6 is 11.6 Å². The Morgan fingerprint density at radius 3 is 2.60 bits per heavy atom. The number of carbonyl (C=O) groups is 1. The van der Waals surface area contributed by atoms with E-state index in [2.05, 4.69) is 15.6 Å². The summed E-state index contributed by atoms with van der Waals surface area (Å²) in [6.45, 7) is 1.80. The van der Waals surface area contributed by atoms with Crippen LogP contribution in [0.4, 0.5) is 16.0 Å². The molecule has 9 heteroatoms. The molecule has 0 spiro atoms. The van der Waals surface area contributed by atoms with Crippen molar-refractivity contribution in [1.29, 1.82) is 0 Å². The standard InChI is InChI=1S/C26H22ClFN4O3/c1-14-23(25(33)30-19-13-21(34-2)17(27)12-22(19)35-3)24(15-7-6-8-16(28)11-15)32-20-10-5-4-9-18(20)31-26(32)29-14/h4-13,24H,1-3H3,(H,29,31)(H,30,33)/t24-/m0/s1. The molecule has 0 unspecified atom stereocenters. The first kappa shape index (κ1) is 22.7. The van der Waals surface area contributed by atoms with Gasteiger partial charge in [0, 0.05) is 17.8 Å². The molecule has 1 amide bonds. The van der Waals surface area contributed by atoms with Gasteiger partial charge in [0.1, 0.15) is 17.3 Å². The number of halogens is 2. The van der Waals surface area contributed by atoms with Crippen LogP contribution in [-0.2, 0) is 4.79 Å². The van der Waals surface area contributed by atoms with Crippen LogP contribution in [0.3, 0.4) is 0 Å². The zero-order valence-corrected chi connectivity index (χ0v) is 20.0. The van der Waals surface area contributed by atoms with E-state index in [1.807, 2.05) is 28.8 Å². The molecule has 3 aromatic carbocycles. The van der Waals surface area contributed by atoms with Crippen LogP contribution in [0.25, 0.3) is 11.0 Å². The number of hydrogen-bond acceptors (Lipinski definition) is 5. The van der Waals surface area contributed by atoms with Gasteiger partial charge in [-0.25, -0.2) is 9.37 Å². The highest BCUT2D eigenvalue weighted by Crippen LogP contribution is 2.41. The maximum Gasteiger partial charge on any atom is 0.255 e. The Labute approximate surface area is 206 Å². The lowest BCUT2D eigenvalue weighted by atomic mass is 9.94. The van der Waals surface area contributed by atoms with Crippen LogP contribution < -0.4 is 20.1 Å². The molecular weight excluding hydrogens is 471 g/mol. The van der Waals surface area contributed by atoms with Gasteiger partial charge in [0.25, 0.3) is 5.91 Å². The van der Waals surface area contributed by atoms with Crippen LogP contribution in [0.1, 0.15) is 18.5 Å². The number of aromatic nitrogens is 2. The van der Waals surface area contributed by atoms with E-state index in [0.29, 0.717) is 45.0 Å². The summed E-state index contributed by atoms with van der Waals surface area (Å²) >= 11 is 6.22. The molecule has 1 aliphatic rings. The van der Waals surface area contributed by atoms with Crippen molar-refractivity contribution in [3.05, 3.63) is 88.3 Å². The van der Waals surface area contributed by atoms with E-state index in [9.17, 15) is 9.18 Å². The lowest BCUT2D eigenvalue weighted by Gasteiger charge is -2.31. The van der Waals surface area contributed by atoms with E-state index in [4.69, 9.17) is 21.1 Å². The van der Waals surface area contributed by atoms with Crippen LogP contribution in [0.5, 0.6) is 11.5 Å². The van der Waals surface area contributed by atoms with Gasteiger partial charge < -0.3 is 20.1 Å². The topological polar surface area (TPSA) is 77.4 Å². The number of rotatable bonds is 5. The van der Waals surface area contributed by atoms with Crippen molar-refractivity contribution in [3.63, 3.8) is 0 Å². The van der Waals surface area contributed by atoms with Gasteiger partial charge in [0.2, 0.25) is 5.95 Å². The fourth-order valence-electron chi connectivity index (χ4n) is 4.40. The van der Waals surface area contributed by atoms with Crippen molar-refractivity contribution in [1.82, 2.24) is 9.55 Å². The largest absolute Gasteiger partial charge is 0.495 e. The summed E-state index contributed by atoms with van der Waals surface area (Å²) in [6, 6.07) is 16.4. The van der Waals surface area contributed by atoms with E-state index in [-0.39, 0.29) is 0 Å². The number of amides is 1.